The largest absolute Gasteiger partial charge is 0.383 e. The molecule has 1 rings (SSSR count). The molecule has 2 unspecified atom stereocenters. The molecule has 24 heavy (non-hydrogen) atoms. The van der Waals surface area contributed by atoms with Gasteiger partial charge in [0.25, 0.3) is 0 Å². The van der Waals surface area contributed by atoms with Crippen LogP contribution in [0.4, 0.5) is 0 Å². The number of ether oxygens (including phenoxy) is 1. The van der Waals surface area contributed by atoms with Gasteiger partial charge in [0.1, 0.15) is 5.60 Å². The molecule has 7 heteroatoms. The van der Waals surface area contributed by atoms with Gasteiger partial charge in [-0.05, 0) is 30.7 Å². The fourth-order valence-electron chi connectivity index (χ4n) is 2.17. The zero-order valence-electron chi connectivity index (χ0n) is 15.5. The molecule has 0 saturated carbocycles. The number of rotatable bonds is 7. The second kappa shape index (κ2) is 10.6. The first kappa shape index (κ1) is 23.6. The summed E-state index contributed by atoms with van der Waals surface area (Å²) in [6.45, 7) is 12.0. The molecule has 5 nitrogen and oxygen atoms in total. The smallest absolute Gasteiger partial charge is 0.191 e. The highest BCUT2D eigenvalue weighted by molar-refractivity contribution is 14.0. The maximum absolute atomic E-state index is 10.6. The van der Waals surface area contributed by atoms with Crippen LogP contribution in [0.15, 0.2) is 22.5 Å². The Labute approximate surface area is 167 Å². The van der Waals surface area contributed by atoms with Crippen molar-refractivity contribution in [3.8, 4) is 0 Å². The predicted octanol–water partition coefficient (Wildman–Crippen LogP) is 3.19. The molecule has 1 heterocycles. The van der Waals surface area contributed by atoms with Gasteiger partial charge >= 0.3 is 0 Å². The molecular weight excluding hydrogens is 437 g/mol. The third-order valence-electron chi connectivity index (χ3n) is 3.65. The minimum absolute atomic E-state index is 0. The molecule has 3 N–H and O–H groups in total. The fraction of sp³-hybridized carbons (Fsp3) is 0.706. The van der Waals surface area contributed by atoms with Crippen LogP contribution in [0.1, 0.15) is 39.5 Å². The zero-order valence-corrected chi connectivity index (χ0v) is 18.7. The summed E-state index contributed by atoms with van der Waals surface area (Å²) in [6.07, 6.45) is 0.0733. The average Bonchev–Trinajstić information content (AvgIpc) is 2.98. The molecule has 0 aliphatic carbocycles. The number of methoxy groups -OCH3 is 1. The Balaban J connectivity index is 0.00000529. The number of aliphatic imine (C=N–C) groups is 1. The van der Waals surface area contributed by atoms with Gasteiger partial charge in [0.05, 0.1) is 12.6 Å². The summed E-state index contributed by atoms with van der Waals surface area (Å²) < 4.78 is 5.55. The second-order valence-corrected chi connectivity index (χ2v) is 7.87. The van der Waals surface area contributed by atoms with Crippen LogP contribution in [0.5, 0.6) is 0 Å². The Morgan fingerprint density at radius 3 is 2.46 bits per heavy atom. The van der Waals surface area contributed by atoms with Crippen LogP contribution < -0.4 is 10.6 Å². The minimum atomic E-state index is -0.957. The normalized spacial score (nSPS) is 16.0. The standard InChI is InChI=1S/C17H31N3O2S.HI/c1-7-18-15(19-11-13(22-6)16(2,3)4)20-12-17(5,21)14-9-8-10-23-14;/h8-10,13,21H,7,11-12H2,1-6H3,(H2,18,19,20);1H. The first-order valence-electron chi connectivity index (χ1n) is 8.02. The topological polar surface area (TPSA) is 65.9 Å². The molecule has 0 aromatic carbocycles. The molecule has 0 aliphatic heterocycles. The van der Waals surface area contributed by atoms with E-state index in [1.54, 1.807) is 25.4 Å². The summed E-state index contributed by atoms with van der Waals surface area (Å²) in [5.41, 5.74) is -0.914. The number of halogens is 1. The van der Waals surface area contributed by atoms with E-state index in [2.05, 4.69) is 36.4 Å². The quantitative estimate of drug-likeness (QED) is 0.326. The molecule has 0 radical (unpaired) electrons. The first-order chi connectivity index (χ1) is 10.7. The molecule has 1 aromatic rings. The van der Waals surface area contributed by atoms with Gasteiger partial charge in [-0.15, -0.1) is 35.3 Å². The number of thiophene rings is 1. The van der Waals surface area contributed by atoms with Crippen molar-refractivity contribution in [1.82, 2.24) is 10.6 Å². The van der Waals surface area contributed by atoms with E-state index in [0.29, 0.717) is 19.0 Å². The van der Waals surface area contributed by atoms with Crippen molar-refractivity contribution >= 4 is 41.3 Å². The van der Waals surface area contributed by atoms with Crippen molar-refractivity contribution in [3.63, 3.8) is 0 Å². The van der Waals surface area contributed by atoms with E-state index < -0.39 is 5.60 Å². The van der Waals surface area contributed by atoms with Gasteiger partial charge in [-0.25, -0.2) is 4.99 Å². The SMILES string of the molecule is CCNC(=NCC(C)(O)c1cccs1)NCC(OC)C(C)(C)C.I. The Kier molecular flexibility index (Phi) is 10.4. The van der Waals surface area contributed by atoms with E-state index in [1.165, 1.54) is 0 Å². The minimum Gasteiger partial charge on any atom is -0.383 e. The highest BCUT2D eigenvalue weighted by atomic mass is 127. The van der Waals surface area contributed by atoms with Crippen molar-refractivity contribution < 1.29 is 9.84 Å². The maximum Gasteiger partial charge on any atom is 0.191 e. The van der Waals surface area contributed by atoms with E-state index in [-0.39, 0.29) is 35.5 Å². The Morgan fingerprint density at radius 1 is 1.33 bits per heavy atom. The van der Waals surface area contributed by atoms with E-state index >= 15 is 0 Å². The van der Waals surface area contributed by atoms with Gasteiger partial charge in [0, 0.05) is 25.1 Å². The van der Waals surface area contributed by atoms with Crippen molar-refractivity contribution in [1.29, 1.82) is 0 Å². The van der Waals surface area contributed by atoms with Gasteiger partial charge in [-0.2, -0.15) is 0 Å². The average molecular weight is 469 g/mol. The molecule has 0 aliphatic rings. The Hall–Kier alpha value is -0.380. The zero-order chi connectivity index (χ0) is 17.5. The van der Waals surface area contributed by atoms with Crippen molar-refractivity contribution in [3.05, 3.63) is 22.4 Å². The van der Waals surface area contributed by atoms with E-state index in [0.717, 1.165) is 11.4 Å². The van der Waals surface area contributed by atoms with Gasteiger partial charge in [0.2, 0.25) is 0 Å². The van der Waals surface area contributed by atoms with Gasteiger partial charge in [0.15, 0.2) is 5.96 Å². The molecule has 2 atom stereocenters. The molecule has 0 spiro atoms. The lowest BCUT2D eigenvalue weighted by atomic mass is 9.89. The van der Waals surface area contributed by atoms with E-state index in [1.807, 2.05) is 24.4 Å². The molecule has 0 amide bonds. The molecule has 0 fully saturated rings. The van der Waals surface area contributed by atoms with Gasteiger partial charge in [-0.1, -0.05) is 26.8 Å². The molecule has 140 valence electrons. The summed E-state index contributed by atoms with van der Waals surface area (Å²) >= 11 is 1.54. The molecule has 1 aromatic heterocycles. The van der Waals surface area contributed by atoms with Crippen molar-refractivity contribution in [2.45, 2.75) is 46.3 Å². The summed E-state index contributed by atoms with van der Waals surface area (Å²) in [4.78, 5) is 5.44. The Bertz CT molecular complexity index is 485. The number of guanidine groups is 1. The van der Waals surface area contributed by atoms with Crippen LogP contribution >= 0.6 is 35.3 Å². The monoisotopic (exact) mass is 469 g/mol. The summed E-state index contributed by atoms with van der Waals surface area (Å²) in [5.74, 6) is 0.690. The number of aliphatic hydroxyl groups is 1. The Morgan fingerprint density at radius 2 is 2.00 bits per heavy atom. The van der Waals surface area contributed by atoms with Gasteiger partial charge < -0.3 is 20.5 Å². The van der Waals surface area contributed by atoms with E-state index in [4.69, 9.17) is 4.74 Å². The number of hydrogen-bond donors (Lipinski definition) is 3. The van der Waals surface area contributed by atoms with Crippen LogP contribution in [0, 0.1) is 5.41 Å². The first-order valence-corrected chi connectivity index (χ1v) is 8.90. The van der Waals surface area contributed by atoms with Crippen molar-refractivity contribution in [2.24, 2.45) is 10.4 Å². The van der Waals surface area contributed by atoms with Crippen LogP contribution in [0.2, 0.25) is 0 Å². The van der Waals surface area contributed by atoms with Crippen molar-refractivity contribution in [2.75, 3.05) is 26.7 Å². The fourth-order valence-corrected chi connectivity index (χ4v) is 2.95. The highest BCUT2D eigenvalue weighted by Gasteiger charge is 2.26. The molecule has 0 saturated heterocycles. The van der Waals surface area contributed by atoms with Crippen LogP contribution in [-0.4, -0.2) is 43.9 Å². The molecule has 0 bridgehead atoms. The predicted molar refractivity (Wildman–Crippen MR) is 114 cm³/mol. The second-order valence-electron chi connectivity index (χ2n) is 6.92. The number of nitrogens with one attached hydrogen (secondary N) is 2. The highest BCUT2D eigenvalue weighted by Crippen LogP contribution is 2.25. The van der Waals surface area contributed by atoms with Crippen LogP contribution in [0.25, 0.3) is 0 Å². The summed E-state index contributed by atoms with van der Waals surface area (Å²) in [7, 11) is 1.73. The third-order valence-corrected chi connectivity index (χ3v) is 4.77. The summed E-state index contributed by atoms with van der Waals surface area (Å²) in [6, 6.07) is 3.87. The molecular formula is C17H32IN3O2S. The van der Waals surface area contributed by atoms with Crippen LogP contribution in [0.3, 0.4) is 0 Å². The maximum atomic E-state index is 10.6. The lowest BCUT2D eigenvalue weighted by molar-refractivity contribution is 0.0204. The lowest BCUT2D eigenvalue weighted by Crippen LogP contribution is -2.45. The summed E-state index contributed by atoms with van der Waals surface area (Å²) in [5, 5.41) is 19.0. The third kappa shape index (κ3) is 7.67. The lowest BCUT2D eigenvalue weighted by Gasteiger charge is -2.30. The van der Waals surface area contributed by atoms with Crippen LogP contribution in [-0.2, 0) is 10.3 Å². The van der Waals surface area contributed by atoms with E-state index in [9.17, 15) is 5.11 Å². The van der Waals surface area contributed by atoms with Gasteiger partial charge in [-0.3, -0.25) is 0 Å². The number of hydrogen-bond acceptors (Lipinski definition) is 4. The number of nitrogens with zero attached hydrogens (tertiary/aromatic N) is 1.